The summed E-state index contributed by atoms with van der Waals surface area (Å²) in [7, 11) is 0. The van der Waals surface area contributed by atoms with Gasteiger partial charge in [0, 0.05) is 10.6 Å². The molecule has 2 aromatic carbocycles. The summed E-state index contributed by atoms with van der Waals surface area (Å²) in [6, 6.07) is 10.5. The Kier molecular flexibility index (Phi) is 5.28. The van der Waals surface area contributed by atoms with Crippen LogP contribution in [0.25, 0.3) is 6.08 Å². The first-order valence-corrected chi connectivity index (χ1v) is 8.50. The molecule has 0 spiro atoms. The minimum atomic E-state index is -0.455. The summed E-state index contributed by atoms with van der Waals surface area (Å²) >= 11 is 6.14. The lowest BCUT2D eigenvalue weighted by Gasteiger charge is -2.10. The van der Waals surface area contributed by atoms with Crippen LogP contribution in [0.2, 0.25) is 5.02 Å². The molecular weight excluding hydrogens is 356 g/mol. The van der Waals surface area contributed by atoms with Crippen LogP contribution >= 0.6 is 11.6 Å². The standard InChI is InChI=1S/C20H17ClO5/c1-3-24-18(22)11-25-16-9-8-14-19(23)17(26-20(14)12(16)2)10-13-6-4-5-7-15(13)21/h4-10H,3,11H2,1-2H3/b17-10-. The molecule has 134 valence electrons. The van der Waals surface area contributed by atoms with E-state index in [4.69, 9.17) is 25.8 Å². The van der Waals surface area contributed by atoms with Crippen LogP contribution in [0.1, 0.15) is 28.4 Å². The number of hydrogen-bond donors (Lipinski definition) is 0. The first kappa shape index (κ1) is 18.0. The maximum absolute atomic E-state index is 12.6. The SMILES string of the molecule is CCOC(=O)COc1ccc2c(c1C)O/C(=C\c1ccccc1Cl)C2=O. The second kappa shape index (κ2) is 7.62. The van der Waals surface area contributed by atoms with Gasteiger partial charge < -0.3 is 14.2 Å². The van der Waals surface area contributed by atoms with Crippen LogP contribution < -0.4 is 9.47 Å². The molecule has 0 saturated heterocycles. The summed E-state index contributed by atoms with van der Waals surface area (Å²) in [6.45, 7) is 3.58. The summed E-state index contributed by atoms with van der Waals surface area (Å²) in [4.78, 5) is 24.0. The van der Waals surface area contributed by atoms with E-state index >= 15 is 0 Å². The van der Waals surface area contributed by atoms with Crippen molar-refractivity contribution in [3.05, 3.63) is 63.9 Å². The Morgan fingerprint density at radius 3 is 2.73 bits per heavy atom. The number of halogens is 1. The number of ketones is 1. The van der Waals surface area contributed by atoms with Crippen molar-refractivity contribution >= 4 is 29.4 Å². The highest BCUT2D eigenvalue weighted by Crippen LogP contribution is 2.39. The largest absolute Gasteiger partial charge is 0.481 e. The van der Waals surface area contributed by atoms with Gasteiger partial charge in [0.1, 0.15) is 11.5 Å². The number of rotatable bonds is 5. The molecule has 0 aromatic heterocycles. The molecule has 0 fully saturated rings. The molecule has 2 aromatic rings. The third-order valence-corrected chi connectivity index (χ3v) is 4.22. The molecule has 0 saturated carbocycles. The molecule has 1 heterocycles. The van der Waals surface area contributed by atoms with Crippen LogP contribution in [0.3, 0.4) is 0 Å². The third-order valence-electron chi connectivity index (χ3n) is 3.88. The molecule has 5 nitrogen and oxygen atoms in total. The van der Waals surface area contributed by atoms with Crippen LogP contribution in [0.15, 0.2) is 42.2 Å². The first-order chi connectivity index (χ1) is 12.5. The highest BCUT2D eigenvalue weighted by Gasteiger charge is 2.30. The number of Topliss-reactive ketones (excluding diaryl/α,β-unsaturated/α-hetero) is 1. The Labute approximate surface area is 156 Å². The highest BCUT2D eigenvalue weighted by molar-refractivity contribution is 6.32. The van der Waals surface area contributed by atoms with Gasteiger partial charge in [-0.25, -0.2) is 4.79 Å². The van der Waals surface area contributed by atoms with Crippen LogP contribution in [0, 0.1) is 6.92 Å². The molecule has 3 rings (SSSR count). The number of carbonyl (C=O) groups is 2. The second-order valence-electron chi connectivity index (χ2n) is 5.62. The maximum Gasteiger partial charge on any atom is 0.344 e. The van der Waals surface area contributed by atoms with Gasteiger partial charge in [-0.2, -0.15) is 0 Å². The Hall–Kier alpha value is -2.79. The molecule has 0 N–H and O–H groups in total. The molecule has 1 aliphatic rings. The Bertz CT molecular complexity index is 901. The number of ether oxygens (including phenoxy) is 3. The van der Waals surface area contributed by atoms with Crippen molar-refractivity contribution in [1.82, 2.24) is 0 Å². The van der Waals surface area contributed by atoms with Gasteiger partial charge >= 0.3 is 5.97 Å². The number of esters is 1. The zero-order valence-electron chi connectivity index (χ0n) is 14.4. The third kappa shape index (κ3) is 3.58. The average Bonchev–Trinajstić information content (AvgIpc) is 2.94. The fraction of sp³-hybridized carbons (Fsp3) is 0.200. The van der Waals surface area contributed by atoms with E-state index in [1.54, 1.807) is 44.2 Å². The van der Waals surface area contributed by atoms with E-state index in [0.717, 1.165) is 0 Å². The fourth-order valence-corrected chi connectivity index (χ4v) is 2.79. The van der Waals surface area contributed by atoms with Crippen molar-refractivity contribution in [2.24, 2.45) is 0 Å². The molecule has 0 unspecified atom stereocenters. The number of hydrogen-bond acceptors (Lipinski definition) is 5. The highest BCUT2D eigenvalue weighted by atomic mass is 35.5. The van der Waals surface area contributed by atoms with Gasteiger partial charge in [-0.1, -0.05) is 29.8 Å². The van der Waals surface area contributed by atoms with Crippen molar-refractivity contribution in [1.29, 1.82) is 0 Å². The van der Waals surface area contributed by atoms with Crippen LogP contribution in [0.5, 0.6) is 11.5 Å². The molecule has 0 amide bonds. The van der Waals surface area contributed by atoms with E-state index in [0.29, 0.717) is 39.8 Å². The lowest BCUT2D eigenvalue weighted by Crippen LogP contribution is -2.15. The number of allylic oxidation sites excluding steroid dienone is 1. The fourth-order valence-electron chi connectivity index (χ4n) is 2.60. The predicted molar refractivity (Wildman–Crippen MR) is 97.7 cm³/mol. The van der Waals surface area contributed by atoms with Crippen LogP contribution in [-0.2, 0) is 9.53 Å². The van der Waals surface area contributed by atoms with Crippen molar-refractivity contribution in [3.8, 4) is 11.5 Å². The van der Waals surface area contributed by atoms with Gasteiger partial charge in [0.2, 0.25) is 5.78 Å². The topological polar surface area (TPSA) is 61.8 Å². The van der Waals surface area contributed by atoms with Gasteiger partial charge in [-0.3, -0.25) is 4.79 Å². The summed E-state index contributed by atoms with van der Waals surface area (Å²) in [5, 5.41) is 0.530. The van der Waals surface area contributed by atoms with Crippen molar-refractivity contribution < 1.29 is 23.8 Å². The lowest BCUT2D eigenvalue weighted by atomic mass is 10.1. The number of carbonyl (C=O) groups excluding carboxylic acids is 2. The number of benzene rings is 2. The molecular formula is C20H17ClO5. The molecule has 26 heavy (non-hydrogen) atoms. The van der Waals surface area contributed by atoms with Gasteiger partial charge in [0.05, 0.1) is 12.2 Å². The predicted octanol–water partition coefficient (Wildman–Crippen LogP) is 4.21. The van der Waals surface area contributed by atoms with Gasteiger partial charge in [-0.15, -0.1) is 0 Å². The molecule has 0 aliphatic carbocycles. The Morgan fingerprint density at radius 1 is 1.23 bits per heavy atom. The van der Waals surface area contributed by atoms with E-state index < -0.39 is 5.97 Å². The average molecular weight is 373 g/mol. The van der Waals surface area contributed by atoms with Crippen LogP contribution in [0.4, 0.5) is 0 Å². The van der Waals surface area contributed by atoms with Crippen LogP contribution in [-0.4, -0.2) is 25.0 Å². The molecule has 0 radical (unpaired) electrons. The molecule has 0 atom stereocenters. The smallest absolute Gasteiger partial charge is 0.344 e. The zero-order valence-corrected chi connectivity index (χ0v) is 15.1. The van der Waals surface area contributed by atoms with E-state index in [1.165, 1.54) is 0 Å². The van der Waals surface area contributed by atoms with Gasteiger partial charge in [0.25, 0.3) is 0 Å². The summed E-state index contributed by atoms with van der Waals surface area (Å²) in [6.07, 6.45) is 1.61. The van der Waals surface area contributed by atoms with E-state index in [9.17, 15) is 9.59 Å². The summed E-state index contributed by atoms with van der Waals surface area (Å²) in [5.41, 5.74) is 1.79. The first-order valence-electron chi connectivity index (χ1n) is 8.12. The van der Waals surface area contributed by atoms with E-state index in [2.05, 4.69) is 0 Å². The van der Waals surface area contributed by atoms with Crippen molar-refractivity contribution in [2.45, 2.75) is 13.8 Å². The van der Waals surface area contributed by atoms with Gasteiger partial charge in [0.15, 0.2) is 12.4 Å². The lowest BCUT2D eigenvalue weighted by molar-refractivity contribution is -0.145. The minimum Gasteiger partial charge on any atom is -0.481 e. The monoisotopic (exact) mass is 372 g/mol. The second-order valence-corrected chi connectivity index (χ2v) is 6.03. The minimum absolute atomic E-state index is 0.193. The Morgan fingerprint density at radius 2 is 2.00 bits per heavy atom. The molecule has 6 heteroatoms. The van der Waals surface area contributed by atoms with Crippen molar-refractivity contribution in [2.75, 3.05) is 13.2 Å². The summed E-state index contributed by atoms with van der Waals surface area (Å²) < 4.78 is 16.1. The quantitative estimate of drug-likeness (QED) is 0.581. The van der Waals surface area contributed by atoms with Gasteiger partial charge in [-0.05, 0) is 43.7 Å². The maximum atomic E-state index is 12.6. The van der Waals surface area contributed by atoms with E-state index in [1.807, 2.05) is 12.1 Å². The zero-order chi connectivity index (χ0) is 18.7. The normalized spacial score (nSPS) is 14.1. The summed E-state index contributed by atoms with van der Waals surface area (Å²) in [5.74, 6) is 0.403. The van der Waals surface area contributed by atoms with E-state index in [-0.39, 0.29) is 18.1 Å². The number of fused-ring (bicyclic) bond motifs is 1. The molecule has 1 aliphatic heterocycles. The van der Waals surface area contributed by atoms with Crippen molar-refractivity contribution in [3.63, 3.8) is 0 Å². The molecule has 0 bridgehead atoms. The Balaban J connectivity index is 1.85.